The van der Waals surface area contributed by atoms with Crippen LogP contribution in [0.25, 0.3) is 0 Å². The van der Waals surface area contributed by atoms with Crippen LogP contribution in [0.4, 0.5) is 0 Å². The minimum absolute atomic E-state index is 0.0846. The van der Waals surface area contributed by atoms with Crippen molar-refractivity contribution >= 4 is 57.9 Å². The molecule has 1 aromatic heterocycles. The van der Waals surface area contributed by atoms with E-state index >= 15 is 0 Å². The number of thiophene rings is 1. The van der Waals surface area contributed by atoms with Gasteiger partial charge in [-0.1, -0.05) is 35.0 Å². The average molecular weight is 477 g/mol. The van der Waals surface area contributed by atoms with Crippen molar-refractivity contribution < 1.29 is 9.59 Å². The van der Waals surface area contributed by atoms with E-state index in [1.165, 1.54) is 36.1 Å². The Bertz CT molecular complexity index is 1140. The molecule has 1 aromatic carbocycles. The molecule has 30 heavy (non-hydrogen) atoms. The standard InChI is InChI=1S/C22H18Cl2N2O2S2/c1-11-6-7-29-21(11)20-16(9-25)22(26-12(2)19(20)13(3)27)30-10-18(28)15-5-4-14(23)8-17(15)24/h4-8,20,26H,10H2,1-3H3. The molecule has 2 heterocycles. The number of halogens is 2. The molecule has 0 amide bonds. The third-order valence-corrected chi connectivity index (χ3v) is 7.42. The summed E-state index contributed by atoms with van der Waals surface area (Å²) in [6.45, 7) is 5.30. The zero-order valence-corrected chi connectivity index (χ0v) is 19.7. The Morgan fingerprint density at radius 2 is 2.00 bits per heavy atom. The molecule has 0 bridgehead atoms. The molecule has 4 nitrogen and oxygen atoms in total. The van der Waals surface area contributed by atoms with Crippen molar-refractivity contribution in [1.82, 2.24) is 5.32 Å². The Hall–Kier alpha value is -2.04. The lowest BCUT2D eigenvalue weighted by atomic mass is 9.84. The number of Topliss-reactive ketones (excluding diaryl/α,β-unsaturated/α-hetero) is 2. The monoisotopic (exact) mass is 476 g/mol. The van der Waals surface area contributed by atoms with Crippen LogP contribution in [0.1, 0.15) is 40.6 Å². The molecule has 1 N–H and O–H groups in total. The smallest absolute Gasteiger partial charge is 0.174 e. The Morgan fingerprint density at radius 1 is 1.27 bits per heavy atom. The van der Waals surface area contributed by atoms with Gasteiger partial charge in [0.25, 0.3) is 0 Å². The highest BCUT2D eigenvalue weighted by Crippen LogP contribution is 2.43. The molecule has 1 aliphatic rings. The zero-order valence-electron chi connectivity index (χ0n) is 16.5. The summed E-state index contributed by atoms with van der Waals surface area (Å²) in [6, 6.07) is 8.99. The van der Waals surface area contributed by atoms with E-state index in [1.807, 2.05) is 25.3 Å². The van der Waals surface area contributed by atoms with E-state index in [9.17, 15) is 14.9 Å². The first-order chi connectivity index (χ1) is 14.2. The molecule has 1 aliphatic heterocycles. The highest BCUT2D eigenvalue weighted by molar-refractivity contribution is 8.03. The van der Waals surface area contributed by atoms with Gasteiger partial charge in [-0.2, -0.15) is 5.26 Å². The van der Waals surface area contributed by atoms with Gasteiger partial charge in [-0.15, -0.1) is 11.3 Å². The number of aryl methyl sites for hydroxylation is 1. The summed E-state index contributed by atoms with van der Waals surface area (Å²) >= 11 is 14.8. The molecule has 0 aliphatic carbocycles. The number of carbonyl (C=O) groups excluding carboxylic acids is 2. The van der Waals surface area contributed by atoms with Crippen LogP contribution in [-0.4, -0.2) is 17.3 Å². The Labute approximate surface area is 193 Å². The van der Waals surface area contributed by atoms with Crippen molar-refractivity contribution in [2.24, 2.45) is 0 Å². The molecule has 154 valence electrons. The van der Waals surface area contributed by atoms with Crippen molar-refractivity contribution in [3.05, 3.63) is 77.6 Å². The predicted octanol–water partition coefficient (Wildman–Crippen LogP) is 6.26. The SMILES string of the molecule is CC(=O)C1=C(C)NC(SCC(=O)c2ccc(Cl)cc2Cl)=C(C#N)C1c1sccc1C. The molecule has 3 rings (SSSR count). The molecule has 8 heteroatoms. The van der Waals surface area contributed by atoms with E-state index in [0.29, 0.717) is 37.5 Å². The molecule has 1 atom stereocenters. The number of carbonyl (C=O) groups is 2. The van der Waals surface area contributed by atoms with Crippen LogP contribution < -0.4 is 5.32 Å². The number of hydrogen-bond donors (Lipinski definition) is 1. The minimum Gasteiger partial charge on any atom is -0.353 e. The maximum absolute atomic E-state index is 12.7. The molecule has 0 saturated heterocycles. The number of nitrogens with zero attached hydrogens (tertiary/aromatic N) is 1. The van der Waals surface area contributed by atoms with E-state index in [0.717, 1.165) is 10.4 Å². The Morgan fingerprint density at radius 3 is 2.57 bits per heavy atom. The van der Waals surface area contributed by atoms with Crippen LogP contribution >= 0.6 is 46.3 Å². The first kappa shape index (κ1) is 22.6. The van der Waals surface area contributed by atoms with E-state index in [1.54, 1.807) is 12.1 Å². The van der Waals surface area contributed by atoms with Crippen LogP contribution in [0.5, 0.6) is 0 Å². The van der Waals surface area contributed by atoms with E-state index in [2.05, 4.69) is 11.4 Å². The lowest BCUT2D eigenvalue weighted by Crippen LogP contribution is -2.27. The quantitative estimate of drug-likeness (QED) is 0.497. The predicted molar refractivity (Wildman–Crippen MR) is 124 cm³/mol. The van der Waals surface area contributed by atoms with Crippen LogP contribution in [-0.2, 0) is 4.79 Å². The van der Waals surface area contributed by atoms with Crippen molar-refractivity contribution in [2.75, 3.05) is 5.75 Å². The van der Waals surface area contributed by atoms with Crippen LogP contribution in [0, 0.1) is 18.3 Å². The molecular weight excluding hydrogens is 459 g/mol. The summed E-state index contributed by atoms with van der Waals surface area (Å²) in [7, 11) is 0. The maximum Gasteiger partial charge on any atom is 0.174 e. The number of nitriles is 1. The Balaban J connectivity index is 1.95. The third kappa shape index (κ3) is 4.50. The number of ketones is 2. The maximum atomic E-state index is 12.7. The van der Waals surface area contributed by atoms with E-state index in [4.69, 9.17) is 23.2 Å². The van der Waals surface area contributed by atoms with Gasteiger partial charge >= 0.3 is 0 Å². The van der Waals surface area contributed by atoms with Gasteiger partial charge in [-0.05, 0) is 56.0 Å². The summed E-state index contributed by atoms with van der Waals surface area (Å²) in [6.07, 6.45) is 0. The van der Waals surface area contributed by atoms with Gasteiger partial charge in [0.15, 0.2) is 11.6 Å². The lowest BCUT2D eigenvalue weighted by molar-refractivity contribution is -0.113. The van der Waals surface area contributed by atoms with Gasteiger partial charge < -0.3 is 5.32 Å². The molecular formula is C22H18Cl2N2O2S2. The number of hydrogen-bond acceptors (Lipinski definition) is 6. The molecule has 0 spiro atoms. The largest absolute Gasteiger partial charge is 0.353 e. The van der Waals surface area contributed by atoms with Crippen molar-refractivity contribution in [3.63, 3.8) is 0 Å². The second-order valence-electron chi connectivity index (χ2n) is 6.81. The van der Waals surface area contributed by atoms with E-state index < -0.39 is 5.92 Å². The molecule has 1 unspecified atom stereocenters. The summed E-state index contributed by atoms with van der Waals surface area (Å²) in [5.74, 6) is -0.603. The summed E-state index contributed by atoms with van der Waals surface area (Å²) in [5.41, 5.74) is 3.12. The van der Waals surface area contributed by atoms with Gasteiger partial charge in [-0.25, -0.2) is 0 Å². The number of allylic oxidation sites excluding steroid dienone is 3. The summed E-state index contributed by atoms with van der Waals surface area (Å²) in [4.78, 5) is 26.0. The number of dihydropyridines is 1. The van der Waals surface area contributed by atoms with Gasteiger partial charge in [-0.3, -0.25) is 9.59 Å². The number of thioether (sulfide) groups is 1. The normalized spacial score (nSPS) is 16.3. The zero-order chi connectivity index (χ0) is 22.0. The van der Waals surface area contributed by atoms with Crippen LogP contribution in [0.15, 0.2) is 51.5 Å². The van der Waals surface area contributed by atoms with Crippen molar-refractivity contribution in [2.45, 2.75) is 26.7 Å². The molecule has 0 radical (unpaired) electrons. The average Bonchev–Trinajstić information content (AvgIpc) is 3.10. The third-order valence-electron chi connectivity index (χ3n) is 4.77. The highest BCUT2D eigenvalue weighted by Gasteiger charge is 2.34. The topological polar surface area (TPSA) is 70.0 Å². The number of benzene rings is 1. The first-order valence-electron chi connectivity index (χ1n) is 9.02. The Kier molecular flexibility index (Phi) is 7.10. The highest BCUT2D eigenvalue weighted by atomic mass is 35.5. The van der Waals surface area contributed by atoms with Gasteiger partial charge in [0, 0.05) is 26.7 Å². The molecule has 0 fully saturated rings. The fourth-order valence-corrected chi connectivity index (χ4v) is 5.90. The molecule has 2 aromatic rings. The molecule has 0 saturated carbocycles. The van der Waals surface area contributed by atoms with Crippen LogP contribution in [0.2, 0.25) is 10.0 Å². The fraction of sp³-hybridized carbons (Fsp3) is 0.227. The van der Waals surface area contributed by atoms with Crippen LogP contribution in [0.3, 0.4) is 0 Å². The first-order valence-corrected chi connectivity index (χ1v) is 11.6. The summed E-state index contributed by atoms with van der Waals surface area (Å²) < 4.78 is 0. The number of rotatable bonds is 6. The summed E-state index contributed by atoms with van der Waals surface area (Å²) in [5, 5.41) is 16.4. The second kappa shape index (κ2) is 9.40. The van der Waals surface area contributed by atoms with Crippen molar-refractivity contribution in [3.8, 4) is 6.07 Å². The van der Waals surface area contributed by atoms with Gasteiger partial charge in [0.1, 0.15) is 0 Å². The minimum atomic E-state index is -0.439. The number of nitrogens with one attached hydrogen (secondary N) is 1. The van der Waals surface area contributed by atoms with Gasteiger partial charge in [0.2, 0.25) is 0 Å². The van der Waals surface area contributed by atoms with Gasteiger partial charge in [0.05, 0.1) is 33.4 Å². The van der Waals surface area contributed by atoms with E-state index in [-0.39, 0.29) is 17.3 Å². The lowest BCUT2D eigenvalue weighted by Gasteiger charge is -2.29. The fourth-order valence-electron chi connectivity index (χ4n) is 3.37. The second-order valence-corrected chi connectivity index (χ2v) is 9.59. The van der Waals surface area contributed by atoms with Crippen molar-refractivity contribution in [1.29, 1.82) is 5.26 Å².